The molecular formula is C42H33IrN3O-2. The molecule has 8 rings (SSSR count). The molecule has 233 valence electrons. The normalized spacial score (nSPS) is 12.1. The van der Waals surface area contributed by atoms with Crippen molar-refractivity contribution in [1.29, 1.82) is 0 Å². The van der Waals surface area contributed by atoms with Gasteiger partial charge in [-0.1, -0.05) is 86.3 Å². The van der Waals surface area contributed by atoms with Crippen LogP contribution in [0.1, 0.15) is 29.1 Å². The monoisotopic (exact) mass is 790 g/mol. The Hall–Kier alpha value is -4.96. The first-order valence-corrected chi connectivity index (χ1v) is 15.3. The van der Waals surface area contributed by atoms with E-state index in [4.69, 9.17) is 7.16 Å². The fourth-order valence-corrected chi connectivity index (χ4v) is 5.57. The molecule has 4 nitrogen and oxygen atoms in total. The van der Waals surface area contributed by atoms with E-state index in [9.17, 15) is 0 Å². The van der Waals surface area contributed by atoms with Crippen LogP contribution in [0.2, 0.25) is 0 Å². The molecule has 0 atom stereocenters. The van der Waals surface area contributed by atoms with Gasteiger partial charge in [-0.05, 0) is 69.3 Å². The Morgan fingerprint density at radius 1 is 0.702 bits per heavy atom. The zero-order valence-corrected chi connectivity index (χ0v) is 28.7. The molecule has 0 bridgehead atoms. The number of hydrogen-bond donors (Lipinski definition) is 0. The fourth-order valence-electron chi connectivity index (χ4n) is 5.57. The third kappa shape index (κ3) is 7.07. The van der Waals surface area contributed by atoms with Crippen LogP contribution < -0.4 is 0 Å². The van der Waals surface area contributed by atoms with Gasteiger partial charge in [0.15, 0.2) is 0 Å². The summed E-state index contributed by atoms with van der Waals surface area (Å²) in [6, 6.07) is 44.1. The van der Waals surface area contributed by atoms with Gasteiger partial charge in [-0.15, -0.1) is 54.1 Å². The van der Waals surface area contributed by atoms with Crippen molar-refractivity contribution in [3.63, 3.8) is 0 Å². The summed E-state index contributed by atoms with van der Waals surface area (Å²) in [5, 5.41) is 4.47. The van der Waals surface area contributed by atoms with E-state index in [2.05, 4.69) is 45.3 Å². The SMILES string of the molecule is [2H]C([2H])(c1ccc(-c2ccnc(-c3[c-]ccc4c3oc3ccc5ccccc5c34)c2)nc1)C(C)(C)C.[Ir].[c-]1ccccc1-c1ccccn1. The van der Waals surface area contributed by atoms with Gasteiger partial charge in [0.2, 0.25) is 0 Å². The summed E-state index contributed by atoms with van der Waals surface area (Å²) in [5.74, 6) is 0. The summed E-state index contributed by atoms with van der Waals surface area (Å²) < 4.78 is 23.4. The second-order valence-corrected chi connectivity index (χ2v) is 12.1. The summed E-state index contributed by atoms with van der Waals surface area (Å²) in [6.07, 6.45) is 3.70. The third-order valence-corrected chi connectivity index (χ3v) is 7.57. The van der Waals surface area contributed by atoms with Crippen molar-refractivity contribution in [3.8, 4) is 33.8 Å². The van der Waals surface area contributed by atoms with Gasteiger partial charge in [0.05, 0.1) is 11.3 Å². The van der Waals surface area contributed by atoms with Gasteiger partial charge in [-0.3, -0.25) is 4.98 Å². The quantitative estimate of drug-likeness (QED) is 0.167. The maximum Gasteiger partial charge on any atom is 0.121 e. The molecule has 0 saturated carbocycles. The fraction of sp³-hybridized carbons (Fsp3) is 0.119. The molecule has 0 amide bonds. The topological polar surface area (TPSA) is 51.8 Å². The molecule has 8 aromatic rings. The molecule has 1 radical (unpaired) electrons. The van der Waals surface area contributed by atoms with Crippen LogP contribution in [0.15, 0.2) is 138 Å². The summed E-state index contributed by atoms with van der Waals surface area (Å²) in [7, 11) is 0. The van der Waals surface area contributed by atoms with E-state index in [0.29, 0.717) is 5.56 Å². The Balaban J connectivity index is 0.000000270. The molecule has 5 heteroatoms. The molecule has 4 heterocycles. The minimum Gasteiger partial charge on any atom is -0.501 e. The van der Waals surface area contributed by atoms with Crippen molar-refractivity contribution in [1.82, 2.24) is 15.0 Å². The Morgan fingerprint density at radius 3 is 2.30 bits per heavy atom. The van der Waals surface area contributed by atoms with Crippen LogP contribution in [-0.4, -0.2) is 15.0 Å². The van der Waals surface area contributed by atoms with Crippen LogP contribution in [0.5, 0.6) is 0 Å². The zero-order valence-electron chi connectivity index (χ0n) is 28.3. The summed E-state index contributed by atoms with van der Waals surface area (Å²) in [5.41, 5.74) is 6.85. The predicted molar refractivity (Wildman–Crippen MR) is 188 cm³/mol. The summed E-state index contributed by atoms with van der Waals surface area (Å²) in [4.78, 5) is 13.4. The molecule has 0 fully saturated rings. The minimum absolute atomic E-state index is 0. The van der Waals surface area contributed by atoms with Crippen LogP contribution in [0.25, 0.3) is 66.5 Å². The molecule has 0 aliphatic heterocycles. The molecule has 4 aromatic carbocycles. The molecule has 0 N–H and O–H groups in total. The van der Waals surface area contributed by atoms with Crippen molar-refractivity contribution < 1.29 is 27.3 Å². The summed E-state index contributed by atoms with van der Waals surface area (Å²) >= 11 is 0. The number of hydrogen-bond acceptors (Lipinski definition) is 4. The smallest absolute Gasteiger partial charge is 0.121 e. The Bertz CT molecular complexity index is 2310. The van der Waals surface area contributed by atoms with E-state index in [1.807, 2.05) is 118 Å². The van der Waals surface area contributed by atoms with E-state index in [1.54, 1.807) is 18.6 Å². The van der Waals surface area contributed by atoms with Gasteiger partial charge in [0, 0.05) is 46.8 Å². The third-order valence-electron chi connectivity index (χ3n) is 7.57. The number of benzene rings is 4. The van der Waals surface area contributed by atoms with Gasteiger partial charge >= 0.3 is 0 Å². The maximum atomic E-state index is 8.52. The zero-order chi connectivity index (χ0) is 33.3. The largest absolute Gasteiger partial charge is 0.501 e. The van der Waals surface area contributed by atoms with Crippen LogP contribution in [0.4, 0.5) is 0 Å². The van der Waals surface area contributed by atoms with E-state index < -0.39 is 11.8 Å². The molecule has 0 aliphatic rings. The first-order valence-electron chi connectivity index (χ1n) is 16.3. The Labute approximate surface area is 291 Å². The molecular weight excluding hydrogens is 755 g/mol. The van der Waals surface area contributed by atoms with E-state index in [-0.39, 0.29) is 20.1 Å². The standard InChI is InChI=1S/C31H25N2O.C11H8N.Ir/c1-31(2,3)18-20-11-13-26(33-19-20)22-15-16-32-27(17-22)24-9-6-10-25-29-23-8-5-4-7-21(23)12-14-28(29)34-30(24)25;1-2-6-10(7-3-1)11-8-4-5-9-12-11;/h4-8,10-17,19H,18H2,1-3H3;1-6,8-9H;/q2*-1;/i18D2;;. The van der Waals surface area contributed by atoms with Gasteiger partial charge in [0.1, 0.15) is 5.58 Å². The Kier molecular flexibility index (Phi) is 8.65. The summed E-state index contributed by atoms with van der Waals surface area (Å²) in [6.45, 7) is 5.69. The van der Waals surface area contributed by atoms with Gasteiger partial charge < -0.3 is 14.4 Å². The maximum absolute atomic E-state index is 8.52. The molecule has 4 aromatic heterocycles. The molecule has 47 heavy (non-hydrogen) atoms. The number of aromatic nitrogens is 3. The Morgan fingerprint density at radius 2 is 1.53 bits per heavy atom. The van der Waals surface area contributed by atoms with Gasteiger partial charge in [-0.25, -0.2) is 0 Å². The number of fused-ring (bicyclic) bond motifs is 5. The van der Waals surface area contributed by atoms with E-state index in [1.165, 1.54) is 5.39 Å². The van der Waals surface area contributed by atoms with Crippen LogP contribution >= 0.6 is 0 Å². The number of pyridine rings is 3. The van der Waals surface area contributed by atoms with Crippen LogP contribution in [0.3, 0.4) is 0 Å². The molecule has 0 spiro atoms. The number of nitrogens with zero attached hydrogens (tertiary/aromatic N) is 3. The molecule has 0 aliphatic carbocycles. The van der Waals surface area contributed by atoms with E-state index >= 15 is 0 Å². The first-order chi connectivity index (χ1) is 23.2. The van der Waals surface area contributed by atoms with Gasteiger partial charge in [0.25, 0.3) is 0 Å². The van der Waals surface area contributed by atoms with Crippen LogP contribution in [0, 0.1) is 17.5 Å². The van der Waals surface area contributed by atoms with Crippen LogP contribution in [-0.2, 0) is 26.5 Å². The first kappa shape index (κ1) is 29.4. The second kappa shape index (κ2) is 13.8. The average molecular weight is 790 g/mol. The van der Waals surface area contributed by atoms with E-state index in [0.717, 1.165) is 61.1 Å². The van der Waals surface area contributed by atoms with Gasteiger partial charge in [-0.2, -0.15) is 0 Å². The minimum atomic E-state index is -1.49. The number of furan rings is 1. The average Bonchev–Trinajstić information content (AvgIpc) is 3.52. The van der Waals surface area contributed by atoms with Crippen molar-refractivity contribution in [2.75, 3.05) is 0 Å². The van der Waals surface area contributed by atoms with Crippen molar-refractivity contribution in [3.05, 3.63) is 152 Å². The predicted octanol–water partition coefficient (Wildman–Crippen LogP) is 10.8. The second-order valence-electron chi connectivity index (χ2n) is 12.1. The van der Waals surface area contributed by atoms with Crippen molar-refractivity contribution >= 4 is 32.7 Å². The van der Waals surface area contributed by atoms with Crippen molar-refractivity contribution in [2.45, 2.75) is 27.1 Å². The van der Waals surface area contributed by atoms with Crippen molar-refractivity contribution in [2.24, 2.45) is 5.41 Å². The molecule has 0 saturated heterocycles. The molecule has 0 unspecified atom stereocenters. The number of rotatable bonds is 4.